The minimum Gasteiger partial charge on any atom is -0.494 e. The van der Waals surface area contributed by atoms with E-state index >= 15 is 0 Å². The molecule has 0 fully saturated rings. The zero-order valence-corrected chi connectivity index (χ0v) is 12.1. The Labute approximate surface area is 119 Å². The van der Waals surface area contributed by atoms with Crippen LogP contribution in [0.25, 0.3) is 0 Å². The Morgan fingerprint density at radius 3 is 2.30 bits per heavy atom. The van der Waals surface area contributed by atoms with Gasteiger partial charge in [-0.3, -0.25) is 0 Å². The molecular formula is C17H20FNO. The van der Waals surface area contributed by atoms with Crippen molar-refractivity contribution in [2.24, 2.45) is 0 Å². The zero-order chi connectivity index (χ0) is 14.5. The van der Waals surface area contributed by atoms with E-state index in [0.717, 1.165) is 16.9 Å². The Morgan fingerprint density at radius 1 is 1.10 bits per heavy atom. The lowest BCUT2D eigenvalue weighted by molar-refractivity contribution is 0.340. The second kappa shape index (κ2) is 6.53. The molecule has 106 valence electrons. The van der Waals surface area contributed by atoms with Gasteiger partial charge in [0, 0.05) is 0 Å². The molecule has 1 N–H and O–H groups in total. The summed E-state index contributed by atoms with van der Waals surface area (Å²) in [6, 6.07) is 13.2. The Hall–Kier alpha value is -1.87. The molecule has 0 aliphatic rings. The molecule has 0 radical (unpaired) electrons. The zero-order valence-electron chi connectivity index (χ0n) is 12.1. The number of halogens is 1. The van der Waals surface area contributed by atoms with Gasteiger partial charge in [-0.1, -0.05) is 24.3 Å². The van der Waals surface area contributed by atoms with Crippen molar-refractivity contribution in [2.75, 3.05) is 13.7 Å². The molecule has 0 aromatic heterocycles. The molecule has 2 nitrogen and oxygen atoms in total. The van der Waals surface area contributed by atoms with Gasteiger partial charge in [0.25, 0.3) is 0 Å². The first-order valence-electron chi connectivity index (χ1n) is 6.81. The van der Waals surface area contributed by atoms with Crippen LogP contribution >= 0.6 is 0 Å². The van der Waals surface area contributed by atoms with E-state index in [1.807, 2.05) is 50.4 Å². The molecule has 1 unspecified atom stereocenters. The summed E-state index contributed by atoms with van der Waals surface area (Å²) in [6.07, 6.45) is 0. The third kappa shape index (κ3) is 3.17. The van der Waals surface area contributed by atoms with Gasteiger partial charge >= 0.3 is 0 Å². The van der Waals surface area contributed by atoms with Crippen molar-refractivity contribution >= 4 is 0 Å². The predicted molar refractivity (Wildman–Crippen MR) is 79.7 cm³/mol. The van der Waals surface area contributed by atoms with Crippen LogP contribution in [0.1, 0.15) is 29.7 Å². The van der Waals surface area contributed by atoms with E-state index in [0.29, 0.717) is 12.2 Å². The second-order valence-corrected chi connectivity index (χ2v) is 4.73. The third-order valence-electron chi connectivity index (χ3n) is 3.34. The van der Waals surface area contributed by atoms with Crippen LogP contribution in [0.15, 0.2) is 42.5 Å². The average Bonchev–Trinajstić information content (AvgIpc) is 2.46. The molecular weight excluding hydrogens is 253 g/mol. The molecule has 3 heteroatoms. The molecule has 0 spiro atoms. The Bertz CT molecular complexity index is 566. The minimum absolute atomic E-state index is 0.0271. The molecule has 2 aromatic rings. The summed E-state index contributed by atoms with van der Waals surface area (Å²) >= 11 is 0. The number of hydrogen-bond donors (Lipinski definition) is 1. The fraction of sp³-hybridized carbons (Fsp3) is 0.294. The summed E-state index contributed by atoms with van der Waals surface area (Å²) in [4.78, 5) is 0. The fourth-order valence-electron chi connectivity index (χ4n) is 2.24. The van der Waals surface area contributed by atoms with Crippen LogP contribution in [-0.4, -0.2) is 13.7 Å². The summed E-state index contributed by atoms with van der Waals surface area (Å²) in [7, 11) is 1.87. The average molecular weight is 273 g/mol. The van der Waals surface area contributed by atoms with Crippen LogP contribution in [0.5, 0.6) is 5.75 Å². The summed E-state index contributed by atoms with van der Waals surface area (Å²) < 4.78 is 19.1. The normalized spacial score (nSPS) is 12.2. The van der Waals surface area contributed by atoms with Gasteiger partial charge in [-0.2, -0.15) is 0 Å². The topological polar surface area (TPSA) is 21.3 Å². The van der Waals surface area contributed by atoms with Gasteiger partial charge < -0.3 is 10.1 Å². The van der Waals surface area contributed by atoms with Crippen LogP contribution in [-0.2, 0) is 0 Å². The van der Waals surface area contributed by atoms with Gasteiger partial charge in [0.15, 0.2) is 0 Å². The quantitative estimate of drug-likeness (QED) is 0.893. The third-order valence-corrected chi connectivity index (χ3v) is 3.34. The Balaban J connectivity index is 2.29. The van der Waals surface area contributed by atoms with Crippen LogP contribution in [0.3, 0.4) is 0 Å². The van der Waals surface area contributed by atoms with E-state index in [1.54, 1.807) is 13.0 Å². The van der Waals surface area contributed by atoms with Gasteiger partial charge in [-0.15, -0.1) is 0 Å². The maximum absolute atomic E-state index is 13.7. The molecule has 0 bridgehead atoms. The number of ether oxygens (including phenoxy) is 1. The number of benzene rings is 2. The van der Waals surface area contributed by atoms with Gasteiger partial charge in [0.2, 0.25) is 0 Å². The number of aryl methyl sites for hydroxylation is 1. The van der Waals surface area contributed by atoms with E-state index in [-0.39, 0.29) is 11.9 Å². The standard InChI is InChI=1S/C17H20FNO/c1-4-20-15-9-7-13(8-10-15)17(19-3)14-6-5-12(2)16(18)11-14/h5-11,17,19H,4H2,1-3H3. The van der Waals surface area contributed by atoms with E-state index < -0.39 is 0 Å². The highest BCUT2D eigenvalue weighted by Gasteiger charge is 2.13. The molecule has 0 amide bonds. The van der Waals surface area contributed by atoms with Crippen LogP contribution in [0.4, 0.5) is 4.39 Å². The first-order chi connectivity index (χ1) is 9.65. The van der Waals surface area contributed by atoms with Gasteiger partial charge in [-0.25, -0.2) is 4.39 Å². The maximum Gasteiger partial charge on any atom is 0.126 e. The van der Waals surface area contributed by atoms with Crippen molar-refractivity contribution in [3.8, 4) is 5.75 Å². The van der Waals surface area contributed by atoms with Crippen molar-refractivity contribution in [3.63, 3.8) is 0 Å². The van der Waals surface area contributed by atoms with Crippen LogP contribution in [0.2, 0.25) is 0 Å². The molecule has 0 aliphatic carbocycles. The first kappa shape index (κ1) is 14.5. The molecule has 0 aliphatic heterocycles. The predicted octanol–water partition coefficient (Wildman–Crippen LogP) is 3.84. The summed E-state index contributed by atoms with van der Waals surface area (Å²) in [6.45, 7) is 4.38. The molecule has 2 aromatic carbocycles. The summed E-state index contributed by atoms with van der Waals surface area (Å²) in [5, 5.41) is 3.23. The number of hydrogen-bond acceptors (Lipinski definition) is 2. The van der Waals surface area contributed by atoms with E-state index in [9.17, 15) is 4.39 Å². The minimum atomic E-state index is -0.173. The van der Waals surface area contributed by atoms with E-state index in [2.05, 4.69) is 5.32 Å². The van der Waals surface area contributed by atoms with Gasteiger partial charge in [0.1, 0.15) is 11.6 Å². The molecule has 2 rings (SSSR count). The maximum atomic E-state index is 13.7. The van der Waals surface area contributed by atoms with Gasteiger partial charge in [0.05, 0.1) is 12.6 Å². The van der Waals surface area contributed by atoms with Crippen LogP contribution < -0.4 is 10.1 Å². The van der Waals surface area contributed by atoms with E-state index in [1.165, 1.54) is 0 Å². The monoisotopic (exact) mass is 273 g/mol. The highest BCUT2D eigenvalue weighted by Crippen LogP contribution is 2.25. The second-order valence-electron chi connectivity index (χ2n) is 4.73. The smallest absolute Gasteiger partial charge is 0.126 e. The summed E-state index contributed by atoms with van der Waals surface area (Å²) in [5.74, 6) is 0.676. The summed E-state index contributed by atoms with van der Waals surface area (Å²) in [5.41, 5.74) is 2.66. The first-order valence-corrected chi connectivity index (χ1v) is 6.81. The molecule has 20 heavy (non-hydrogen) atoms. The molecule has 0 saturated heterocycles. The Kier molecular flexibility index (Phi) is 4.74. The number of nitrogens with one attached hydrogen (secondary N) is 1. The molecule has 0 heterocycles. The van der Waals surface area contributed by atoms with E-state index in [4.69, 9.17) is 4.74 Å². The lowest BCUT2D eigenvalue weighted by Gasteiger charge is -2.18. The van der Waals surface area contributed by atoms with Crippen LogP contribution in [0, 0.1) is 12.7 Å². The fourth-order valence-corrected chi connectivity index (χ4v) is 2.24. The van der Waals surface area contributed by atoms with Crippen molar-refractivity contribution in [1.29, 1.82) is 0 Å². The highest BCUT2D eigenvalue weighted by molar-refractivity contribution is 5.36. The highest BCUT2D eigenvalue weighted by atomic mass is 19.1. The molecule has 0 saturated carbocycles. The van der Waals surface area contributed by atoms with Crippen molar-refractivity contribution < 1.29 is 9.13 Å². The SMILES string of the molecule is CCOc1ccc(C(NC)c2ccc(C)c(F)c2)cc1. The van der Waals surface area contributed by atoms with Crippen molar-refractivity contribution in [3.05, 3.63) is 65.0 Å². The largest absolute Gasteiger partial charge is 0.494 e. The molecule has 1 atom stereocenters. The Morgan fingerprint density at radius 2 is 1.75 bits per heavy atom. The lowest BCUT2D eigenvalue weighted by Crippen LogP contribution is -2.17. The lowest BCUT2D eigenvalue weighted by atomic mass is 9.97. The van der Waals surface area contributed by atoms with Crippen molar-refractivity contribution in [2.45, 2.75) is 19.9 Å². The number of rotatable bonds is 5. The van der Waals surface area contributed by atoms with Gasteiger partial charge in [-0.05, 0) is 55.8 Å². The van der Waals surface area contributed by atoms with Crippen molar-refractivity contribution in [1.82, 2.24) is 5.32 Å².